The van der Waals surface area contributed by atoms with Crippen LogP contribution in [0, 0.1) is 0 Å². The van der Waals surface area contributed by atoms with Crippen molar-refractivity contribution in [2.75, 3.05) is 0 Å². The van der Waals surface area contributed by atoms with E-state index in [-0.39, 0.29) is 5.78 Å². The lowest BCUT2D eigenvalue weighted by Gasteiger charge is -2.06. The van der Waals surface area contributed by atoms with E-state index in [1.54, 1.807) is 16.9 Å². The van der Waals surface area contributed by atoms with Gasteiger partial charge in [-0.25, -0.2) is 0 Å². The van der Waals surface area contributed by atoms with Gasteiger partial charge in [0.25, 0.3) is 0 Å². The van der Waals surface area contributed by atoms with Crippen LogP contribution in [0.2, 0.25) is 0 Å². The molecule has 0 bridgehead atoms. The summed E-state index contributed by atoms with van der Waals surface area (Å²) in [4.78, 5) is 12.4. The summed E-state index contributed by atoms with van der Waals surface area (Å²) in [6, 6.07) is 7.89. The fraction of sp³-hybridized carbons (Fsp3) is 0.333. The van der Waals surface area contributed by atoms with Crippen LogP contribution < -0.4 is 0 Å². The first kappa shape index (κ1) is 11.2. The highest BCUT2D eigenvalue weighted by Gasteiger charge is 2.17. The van der Waals surface area contributed by atoms with E-state index in [9.17, 15) is 4.79 Å². The van der Waals surface area contributed by atoms with Gasteiger partial charge in [-0.2, -0.15) is 5.10 Å². The van der Waals surface area contributed by atoms with Gasteiger partial charge >= 0.3 is 0 Å². The molecule has 0 saturated carbocycles. The van der Waals surface area contributed by atoms with Gasteiger partial charge in [0, 0.05) is 18.3 Å². The molecule has 0 unspecified atom stereocenters. The van der Waals surface area contributed by atoms with Gasteiger partial charge in [0.1, 0.15) is 5.69 Å². The molecule has 18 heavy (non-hydrogen) atoms. The summed E-state index contributed by atoms with van der Waals surface area (Å²) in [6.45, 7) is 2.71. The molecular weight excluding hydrogens is 224 g/mol. The molecule has 0 radical (unpaired) electrons. The van der Waals surface area contributed by atoms with Crippen molar-refractivity contribution in [3.63, 3.8) is 0 Å². The summed E-state index contributed by atoms with van der Waals surface area (Å²) < 4.78 is 1.75. The summed E-state index contributed by atoms with van der Waals surface area (Å²) in [5.41, 5.74) is 4.19. The quantitative estimate of drug-likeness (QED) is 0.773. The first-order valence-electron chi connectivity index (χ1n) is 6.48. The smallest absolute Gasteiger partial charge is 0.211 e. The molecule has 0 atom stereocenters. The first-order chi connectivity index (χ1) is 8.79. The molecule has 92 valence electrons. The Labute approximate surface area is 106 Å². The van der Waals surface area contributed by atoms with Gasteiger partial charge in [0.15, 0.2) is 0 Å². The number of hydrogen-bond donors (Lipinski definition) is 0. The van der Waals surface area contributed by atoms with Crippen LogP contribution in [-0.2, 0) is 19.4 Å². The Kier molecular flexibility index (Phi) is 2.74. The van der Waals surface area contributed by atoms with Crippen molar-refractivity contribution < 1.29 is 4.79 Å². The fourth-order valence-corrected chi connectivity index (χ4v) is 2.64. The molecule has 2 aromatic rings. The zero-order valence-corrected chi connectivity index (χ0v) is 10.5. The number of aromatic nitrogens is 2. The van der Waals surface area contributed by atoms with Crippen LogP contribution in [0.4, 0.5) is 0 Å². The number of benzene rings is 1. The topological polar surface area (TPSA) is 34.9 Å². The second-order valence-corrected chi connectivity index (χ2v) is 4.70. The maximum atomic E-state index is 12.4. The summed E-state index contributed by atoms with van der Waals surface area (Å²) in [6.07, 6.45) is 5.14. The number of hydrogen-bond acceptors (Lipinski definition) is 2. The standard InChI is InChI=1S/C15H16N2O/c1-2-17-14(8-9-16-17)15(18)13-7-6-11-4-3-5-12(11)10-13/h6-10H,2-5H2,1H3. The molecule has 1 aromatic heterocycles. The zero-order valence-electron chi connectivity index (χ0n) is 10.5. The van der Waals surface area contributed by atoms with Crippen molar-refractivity contribution in [2.24, 2.45) is 0 Å². The predicted molar refractivity (Wildman–Crippen MR) is 69.8 cm³/mol. The third kappa shape index (κ3) is 1.76. The van der Waals surface area contributed by atoms with E-state index >= 15 is 0 Å². The van der Waals surface area contributed by atoms with E-state index in [2.05, 4.69) is 17.2 Å². The molecule has 1 aliphatic rings. The van der Waals surface area contributed by atoms with Crippen LogP contribution in [0.25, 0.3) is 0 Å². The maximum absolute atomic E-state index is 12.4. The van der Waals surface area contributed by atoms with E-state index in [1.807, 2.05) is 13.0 Å². The van der Waals surface area contributed by atoms with Gasteiger partial charge in [0.05, 0.1) is 0 Å². The SMILES string of the molecule is CCn1nccc1C(=O)c1ccc2c(c1)CCC2. The van der Waals surface area contributed by atoms with Gasteiger partial charge in [-0.05, 0) is 49.4 Å². The summed E-state index contributed by atoms with van der Waals surface area (Å²) in [5, 5.41) is 4.15. The number of carbonyl (C=O) groups is 1. The third-order valence-electron chi connectivity index (χ3n) is 3.61. The number of carbonyl (C=O) groups excluding carboxylic acids is 1. The van der Waals surface area contributed by atoms with Crippen LogP contribution >= 0.6 is 0 Å². The van der Waals surface area contributed by atoms with Crippen molar-refractivity contribution >= 4 is 5.78 Å². The molecule has 0 spiro atoms. The van der Waals surface area contributed by atoms with Gasteiger partial charge in [-0.1, -0.05) is 12.1 Å². The normalized spacial score (nSPS) is 13.6. The second-order valence-electron chi connectivity index (χ2n) is 4.70. The lowest BCUT2D eigenvalue weighted by molar-refractivity contribution is 0.102. The first-order valence-corrected chi connectivity index (χ1v) is 6.48. The van der Waals surface area contributed by atoms with E-state index in [1.165, 1.54) is 17.5 Å². The average Bonchev–Trinajstić information content (AvgIpc) is 3.05. The maximum Gasteiger partial charge on any atom is 0.211 e. The van der Waals surface area contributed by atoms with E-state index in [0.29, 0.717) is 5.69 Å². The van der Waals surface area contributed by atoms with Gasteiger partial charge < -0.3 is 0 Å². The monoisotopic (exact) mass is 240 g/mol. The van der Waals surface area contributed by atoms with Crippen molar-refractivity contribution in [2.45, 2.75) is 32.7 Å². The molecule has 0 amide bonds. The van der Waals surface area contributed by atoms with Crippen LogP contribution in [0.15, 0.2) is 30.5 Å². The molecule has 3 heteroatoms. The lowest BCUT2D eigenvalue weighted by atomic mass is 10.0. The Morgan fingerprint density at radius 1 is 1.28 bits per heavy atom. The molecule has 0 N–H and O–H groups in total. The number of rotatable bonds is 3. The Morgan fingerprint density at radius 3 is 2.94 bits per heavy atom. The highest BCUT2D eigenvalue weighted by atomic mass is 16.1. The van der Waals surface area contributed by atoms with Gasteiger partial charge in [-0.15, -0.1) is 0 Å². The average molecular weight is 240 g/mol. The van der Waals surface area contributed by atoms with E-state index < -0.39 is 0 Å². The van der Waals surface area contributed by atoms with Crippen LogP contribution in [0.1, 0.15) is 40.5 Å². The minimum atomic E-state index is 0.0732. The predicted octanol–water partition coefficient (Wildman–Crippen LogP) is 2.62. The highest BCUT2D eigenvalue weighted by molar-refractivity contribution is 6.08. The Morgan fingerprint density at radius 2 is 2.11 bits per heavy atom. The van der Waals surface area contributed by atoms with Crippen molar-refractivity contribution in [1.29, 1.82) is 0 Å². The molecular formula is C15H16N2O. The fourth-order valence-electron chi connectivity index (χ4n) is 2.64. The summed E-state index contributed by atoms with van der Waals surface area (Å²) in [5.74, 6) is 0.0732. The van der Waals surface area contributed by atoms with Crippen molar-refractivity contribution in [3.05, 3.63) is 52.8 Å². The van der Waals surface area contributed by atoms with Crippen LogP contribution in [-0.4, -0.2) is 15.6 Å². The summed E-state index contributed by atoms with van der Waals surface area (Å²) in [7, 11) is 0. The Bertz CT molecular complexity index is 598. The molecule has 0 saturated heterocycles. The van der Waals surface area contributed by atoms with E-state index in [0.717, 1.165) is 24.9 Å². The van der Waals surface area contributed by atoms with E-state index in [4.69, 9.17) is 0 Å². The zero-order chi connectivity index (χ0) is 12.5. The lowest BCUT2D eigenvalue weighted by Crippen LogP contribution is -2.10. The number of nitrogens with zero attached hydrogens (tertiary/aromatic N) is 2. The second kappa shape index (κ2) is 4.41. The highest BCUT2D eigenvalue weighted by Crippen LogP contribution is 2.23. The minimum absolute atomic E-state index is 0.0732. The van der Waals surface area contributed by atoms with Crippen molar-refractivity contribution in [3.8, 4) is 0 Å². The summed E-state index contributed by atoms with van der Waals surface area (Å²) >= 11 is 0. The number of ketones is 1. The minimum Gasteiger partial charge on any atom is -0.287 e. The van der Waals surface area contributed by atoms with Gasteiger partial charge in [0.2, 0.25) is 5.78 Å². The molecule has 3 rings (SSSR count). The molecule has 1 heterocycles. The molecule has 3 nitrogen and oxygen atoms in total. The van der Waals surface area contributed by atoms with Gasteiger partial charge in [-0.3, -0.25) is 9.48 Å². The number of fused-ring (bicyclic) bond motifs is 1. The molecule has 1 aromatic carbocycles. The Hall–Kier alpha value is -1.90. The third-order valence-corrected chi connectivity index (χ3v) is 3.61. The molecule has 0 fully saturated rings. The number of aryl methyl sites for hydroxylation is 3. The van der Waals surface area contributed by atoms with Crippen LogP contribution in [0.3, 0.4) is 0 Å². The van der Waals surface area contributed by atoms with Crippen molar-refractivity contribution in [1.82, 2.24) is 9.78 Å². The molecule has 1 aliphatic carbocycles. The molecule has 0 aliphatic heterocycles. The van der Waals surface area contributed by atoms with Crippen LogP contribution in [0.5, 0.6) is 0 Å². The Balaban J connectivity index is 1.98. The largest absolute Gasteiger partial charge is 0.287 e.